The number of rotatable bonds is 6. The van der Waals surface area contributed by atoms with Gasteiger partial charge in [-0.25, -0.2) is 4.79 Å². The number of halogens is 1. The molecule has 1 unspecified atom stereocenters. The molecule has 3 amide bonds. The van der Waals surface area contributed by atoms with Crippen LogP contribution in [0.3, 0.4) is 0 Å². The first-order valence-electron chi connectivity index (χ1n) is 10.2. The number of nitrogens with zero attached hydrogens (tertiary/aromatic N) is 2. The van der Waals surface area contributed by atoms with E-state index in [4.69, 9.17) is 9.47 Å². The van der Waals surface area contributed by atoms with E-state index in [0.29, 0.717) is 30.3 Å². The molecule has 1 aliphatic heterocycles. The van der Waals surface area contributed by atoms with Gasteiger partial charge in [-0.1, -0.05) is 12.1 Å². The molecule has 2 aromatic rings. The van der Waals surface area contributed by atoms with Crippen LogP contribution in [-0.4, -0.2) is 55.6 Å². The van der Waals surface area contributed by atoms with Gasteiger partial charge in [0, 0.05) is 17.6 Å². The molecular weight excluding hydrogens is 462 g/mol. The number of carbonyl (C=O) groups is 2. The van der Waals surface area contributed by atoms with Crippen LogP contribution < -0.4 is 14.8 Å². The first kappa shape index (κ1) is 22.9. The lowest BCUT2D eigenvalue weighted by Gasteiger charge is -2.37. The van der Waals surface area contributed by atoms with Gasteiger partial charge in [0.1, 0.15) is 6.54 Å². The third-order valence-electron chi connectivity index (χ3n) is 5.62. The Hall–Kier alpha value is -2.74. The average Bonchev–Trinajstić information content (AvgIpc) is 2.78. The maximum atomic E-state index is 13.1. The van der Waals surface area contributed by atoms with Gasteiger partial charge in [0.2, 0.25) is 5.91 Å². The smallest absolute Gasteiger partial charge is 0.322 e. The van der Waals surface area contributed by atoms with Crippen LogP contribution in [0.15, 0.2) is 40.9 Å². The molecule has 0 bridgehead atoms. The van der Waals surface area contributed by atoms with Gasteiger partial charge < -0.3 is 24.6 Å². The first-order valence-corrected chi connectivity index (χ1v) is 11.0. The van der Waals surface area contributed by atoms with E-state index >= 15 is 0 Å². The van der Waals surface area contributed by atoms with Crippen LogP contribution in [-0.2, 0) is 11.2 Å². The molecule has 1 N–H and O–H groups in total. The molecule has 0 fully saturated rings. The Bertz CT molecular complexity index is 966. The van der Waals surface area contributed by atoms with E-state index in [9.17, 15) is 9.59 Å². The summed E-state index contributed by atoms with van der Waals surface area (Å²) in [5, 5.41) is 2.86. The predicted molar refractivity (Wildman–Crippen MR) is 124 cm³/mol. The van der Waals surface area contributed by atoms with Gasteiger partial charge >= 0.3 is 6.03 Å². The zero-order valence-electron chi connectivity index (χ0n) is 18.3. The number of urea groups is 1. The third-order valence-corrected chi connectivity index (χ3v) is 6.31. The maximum absolute atomic E-state index is 13.1. The summed E-state index contributed by atoms with van der Waals surface area (Å²) in [5.74, 6) is 1.25. The fourth-order valence-electron chi connectivity index (χ4n) is 3.82. The molecule has 1 aliphatic rings. The molecular formula is C23H28BrN3O4. The number of carbonyl (C=O) groups excluding carboxylic acids is 2. The molecule has 3 rings (SSSR count). The van der Waals surface area contributed by atoms with Gasteiger partial charge in [-0.05, 0) is 71.6 Å². The molecule has 0 aromatic heterocycles. The quantitative estimate of drug-likeness (QED) is 0.649. The van der Waals surface area contributed by atoms with Gasteiger partial charge in [-0.3, -0.25) is 4.79 Å². The SMILES string of the molecule is CCN(CC(=O)N1CCc2cc(OC)c(OC)cc2C1C)C(=O)Nc1ccccc1Br. The summed E-state index contributed by atoms with van der Waals surface area (Å²) in [5.41, 5.74) is 2.85. The molecule has 0 spiro atoms. The monoisotopic (exact) mass is 489 g/mol. The van der Waals surface area contributed by atoms with Crippen molar-refractivity contribution in [1.82, 2.24) is 9.80 Å². The van der Waals surface area contributed by atoms with Crippen molar-refractivity contribution in [2.75, 3.05) is 39.2 Å². The summed E-state index contributed by atoms with van der Waals surface area (Å²) in [4.78, 5) is 29.2. The van der Waals surface area contributed by atoms with Crippen molar-refractivity contribution < 1.29 is 19.1 Å². The summed E-state index contributed by atoms with van der Waals surface area (Å²) in [6, 6.07) is 10.9. The van der Waals surface area contributed by atoms with E-state index in [0.717, 1.165) is 22.0 Å². The largest absolute Gasteiger partial charge is 0.493 e. The summed E-state index contributed by atoms with van der Waals surface area (Å²) in [6.07, 6.45) is 0.723. The molecule has 31 heavy (non-hydrogen) atoms. The van der Waals surface area contributed by atoms with Crippen molar-refractivity contribution in [3.05, 3.63) is 52.0 Å². The standard InChI is InChI=1S/C23H28BrN3O4/c1-5-26(23(29)25-19-9-7-6-8-18(19)24)14-22(28)27-11-10-16-12-20(30-3)21(31-4)13-17(16)15(27)2/h6-9,12-13,15H,5,10-11,14H2,1-4H3,(H,25,29). The molecule has 0 aliphatic carbocycles. The number of amides is 3. The first-order chi connectivity index (χ1) is 14.9. The normalized spacial score (nSPS) is 15.1. The van der Waals surface area contributed by atoms with Crippen LogP contribution in [0.4, 0.5) is 10.5 Å². The Morgan fingerprint density at radius 3 is 2.52 bits per heavy atom. The van der Waals surface area contributed by atoms with Crippen LogP contribution >= 0.6 is 15.9 Å². The lowest BCUT2D eigenvalue weighted by molar-refractivity contribution is -0.134. The Labute approximate surface area is 191 Å². The Morgan fingerprint density at radius 2 is 1.87 bits per heavy atom. The number of hydrogen-bond donors (Lipinski definition) is 1. The van der Waals surface area contributed by atoms with E-state index < -0.39 is 0 Å². The second-order valence-corrected chi connectivity index (χ2v) is 8.20. The molecule has 0 saturated heterocycles. The van der Waals surface area contributed by atoms with Crippen LogP contribution in [0.1, 0.15) is 31.0 Å². The second kappa shape index (κ2) is 10.0. The van der Waals surface area contributed by atoms with Crippen molar-refractivity contribution in [2.45, 2.75) is 26.3 Å². The molecule has 1 heterocycles. The Kier molecular flexibility index (Phi) is 7.43. The Morgan fingerprint density at radius 1 is 1.19 bits per heavy atom. The van der Waals surface area contributed by atoms with Gasteiger partial charge in [0.15, 0.2) is 11.5 Å². The van der Waals surface area contributed by atoms with Crippen LogP contribution in [0.5, 0.6) is 11.5 Å². The van der Waals surface area contributed by atoms with Crippen LogP contribution in [0.2, 0.25) is 0 Å². The number of ether oxygens (including phenoxy) is 2. The highest BCUT2D eigenvalue weighted by atomic mass is 79.9. The highest BCUT2D eigenvalue weighted by Gasteiger charge is 2.30. The molecule has 2 aromatic carbocycles. The van der Waals surface area contributed by atoms with Crippen LogP contribution in [0, 0.1) is 0 Å². The number of para-hydroxylation sites is 1. The fraction of sp³-hybridized carbons (Fsp3) is 0.391. The predicted octanol–water partition coefficient (Wildman–Crippen LogP) is 4.47. The van der Waals surface area contributed by atoms with E-state index in [1.807, 2.05) is 55.1 Å². The number of benzene rings is 2. The minimum absolute atomic E-state index is 0.0136. The molecule has 0 saturated carbocycles. The second-order valence-electron chi connectivity index (χ2n) is 7.34. The topological polar surface area (TPSA) is 71.1 Å². The minimum Gasteiger partial charge on any atom is -0.493 e. The lowest BCUT2D eigenvalue weighted by atomic mass is 9.92. The van der Waals surface area contributed by atoms with Crippen LogP contribution in [0.25, 0.3) is 0 Å². The summed E-state index contributed by atoms with van der Waals surface area (Å²) >= 11 is 3.43. The fourth-order valence-corrected chi connectivity index (χ4v) is 4.21. The maximum Gasteiger partial charge on any atom is 0.322 e. The van der Waals surface area contributed by atoms with Crippen molar-refractivity contribution >= 4 is 33.6 Å². The van der Waals surface area contributed by atoms with Gasteiger partial charge in [-0.15, -0.1) is 0 Å². The highest BCUT2D eigenvalue weighted by molar-refractivity contribution is 9.10. The molecule has 7 nitrogen and oxygen atoms in total. The number of hydrogen-bond acceptors (Lipinski definition) is 4. The minimum atomic E-state index is -0.306. The third kappa shape index (κ3) is 4.95. The number of fused-ring (bicyclic) bond motifs is 1. The lowest BCUT2D eigenvalue weighted by Crippen LogP contribution is -2.47. The number of methoxy groups -OCH3 is 2. The summed E-state index contributed by atoms with van der Waals surface area (Å²) in [6.45, 7) is 4.88. The average molecular weight is 490 g/mol. The van der Waals surface area contributed by atoms with E-state index in [-0.39, 0.29) is 24.5 Å². The number of likely N-dealkylation sites (N-methyl/N-ethyl adjacent to an activating group) is 1. The number of nitrogens with one attached hydrogen (secondary N) is 1. The molecule has 8 heteroatoms. The van der Waals surface area contributed by atoms with Gasteiger partial charge in [0.25, 0.3) is 0 Å². The molecule has 0 radical (unpaired) electrons. The van der Waals surface area contributed by atoms with Crippen molar-refractivity contribution in [2.24, 2.45) is 0 Å². The molecule has 166 valence electrons. The van der Waals surface area contributed by atoms with Crippen molar-refractivity contribution in [3.8, 4) is 11.5 Å². The molecule has 1 atom stereocenters. The van der Waals surface area contributed by atoms with Gasteiger partial charge in [-0.2, -0.15) is 0 Å². The zero-order valence-corrected chi connectivity index (χ0v) is 19.9. The van der Waals surface area contributed by atoms with E-state index in [1.165, 1.54) is 4.90 Å². The summed E-state index contributed by atoms with van der Waals surface area (Å²) in [7, 11) is 3.22. The zero-order chi connectivity index (χ0) is 22.5. The van der Waals surface area contributed by atoms with E-state index in [1.54, 1.807) is 14.2 Å². The van der Waals surface area contributed by atoms with Crippen molar-refractivity contribution in [1.29, 1.82) is 0 Å². The summed E-state index contributed by atoms with van der Waals surface area (Å²) < 4.78 is 11.6. The van der Waals surface area contributed by atoms with E-state index in [2.05, 4.69) is 21.2 Å². The van der Waals surface area contributed by atoms with Crippen molar-refractivity contribution in [3.63, 3.8) is 0 Å². The Balaban J connectivity index is 1.72. The number of anilines is 1. The van der Waals surface area contributed by atoms with Gasteiger partial charge in [0.05, 0.1) is 25.9 Å². The highest BCUT2D eigenvalue weighted by Crippen LogP contribution is 2.38.